The highest BCUT2D eigenvalue weighted by Gasteiger charge is 2.33. The number of methoxy groups -OCH3 is 1. The summed E-state index contributed by atoms with van der Waals surface area (Å²) in [5.41, 5.74) is 0.164. The van der Waals surface area contributed by atoms with Crippen molar-refractivity contribution in [2.45, 2.75) is 57.3 Å². The molecule has 0 aliphatic carbocycles. The van der Waals surface area contributed by atoms with E-state index in [1.54, 1.807) is 0 Å². The molecule has 29 heavy (non-hydrogen) atoms. The highest BCUT2D eigenvalue weighted by molar-refractivity contribution is 7.89. The van der Waals surface area contributed by atoms with E-state index in [1.807, 2.05) is 27.7 Å². The maximum atomic E-state index is 13.0. The predicted octanol–water partition coefficient (Wildman–Crippen LogP) is 1.80. The molecular formula is C20H30N2O6S. The van der Waals surface area contributed by atoms with Gasteiger partial charge in [-0.25, -0.2) is 13.2 Å². The molecule has 1 aromatic rings. The number of nitrogens with zero attached hydrogens (tertiary/aromatic N) is 1. The molecule has 0 unspecified atom stereocenters. The number of benzene rings is 1. The van der Waals surface area contributed by atoms with Crippen molar-refractivity contribution in [1.82, 2.24) is 9.62 Å². The molecule has 1 aromatic carbocycles. The predicted molar refractivity (Wildman–Crippen MR) is 108 cm³/mol. The van der Waals surface area contributed by atoms with Gasteiger partial charge in [0, 0.05) is 18.7 Å². The Morgan fingerprint density at radius 3 is 2.45 bits per heavy atom. The zero-order valence-corrected chi connectivity index (χ0v) is 18.4. The molecule has 1 aliphatic rings. The van der Waals surface area contributed by atoms with Crippen LogP contribution < -0.4 is 5.32 Å². The highest BCUT2D eigenvalue weighted by Crippen LogP contribution is 2.22. The summed E-state index contributed by atoms with van der Waals surface area (Å²) in [5, 5.41) is 2.67. The van der Waals surface area contributed by atoms with Crippen LogP contribution in [-0.2, 0) is 24.3 Å². The van der Waals surface area contributed by atoms with Crippen molar-refractivity contribution in [3.8, 4) is 0 Å². The van der Waals surface area contributed by atoms with E-state index in [1.165, 1.54) is 35.7 Å². The second-order valence-electron chi connectivity index (χ2n) is 7.47. The first-order valence-electron chi connectivity index (χ1n) is 9.74. The number of rotatable bonds is 7. The van der Waals surface area contributed by atoms with Crippen molar-refractivity contribution in [3.05, 3.63) is 29.8 Å². The Bertz CT molecular complexity index is 831. The van der Waals surface area contributed by atoms with Crippen molar-refractivity contribution >= 4 is 21.9 Å². The monoisotopic (exact) mass is 426 g/mol. The molecule has 0 radical (unpaired) electrons. The van der Waals surface area contributed by atoms with E-state index in [0.29, 0.717) is 6.42 Å². The normalized spacial score (nSPS) is 22.5. The number of hydrogen-bond acceptors (Lipinski definition) is 6. The first-order chi connectivity index (χ1) is 13.6. The molecule has 0 bridgehead atoms. The molecule has 1 heterocycles. The minimum absolute atomic E-state index is 0.0320. The molecular weight excluding hydrogens is 396 g/mol. The number of nitrogens with one attached hydrogen (secondary N) is 1. The van der Waals surface area contributed by atoms with Gasteiger partial charge in [-0.3, -0.25) is 4.79 Å². The van der Waals surface area contributed by atoms with Crippen LogP contribution in [0.5, 0.6) is 0 Å². The van der Waals surface area contributed by atoms with Crippen molar-refractivity contribution in [1.29, 1.82) is 0 Å². The van der Waals surface area contributed by atoms with Crippen LogP contribution >= 0.6 is 0 Å². The Labute approximate surface area is 172 Å². The van der Waals surface area contributed by atoms with Crippen LogP contribution in [0.15, 0.2) is 29.2 Å². The van der Waals surface area contributed by atoms with Crippen molar-refractivity contribution in [2.24, 2.45) is 5.92 Å². The van der Waals surface area contributed by atoms with Gasteiger partial charge in [0.15, 0.2) is 0 Å². The minimum atomic E-state index is -3.77. The molecule has 0 spiro atoms. The molecule has 1 N–H and O–H groups in total. The molecule has 0 saturated carbocycles. The topological polar surface area (TPSA) is 102 Å². The second-order valence-corrected chi connectivity index (χ2v) is 9.40. The van der Waals surface area contributed by atoms with Crippen molar-refractivity contribution < 1.29 is 27.5 Å². The average Bonchev–Trinajstić information content (AvgIpc) is 2.70. The van der Waals surface area contributed by atoms with Crippen LogP contribution in [-0.4, -0.2) is 63.0 Å². The van der Waals surface area contributed by atoms with Crippen molar-refractivity contribution in [3.63, 3.8) is 0 Å². The summed E-state index contributed by atoms with van der Waals surface area (Å²) >= 11 is 0. The van der Waals surface area contributed by atoms with Gasteiger partial charge < -0.3 is 14.8 Å². The molecule has 1 saturated heterocycles. The molecule has 8 nitrogen and oxygen atoms in total. The fourth-order valence-corrected chi connectivity index (χ4v) is 4.93. The number of carbonyl (C=O) groups excluding carboxylic acids is 2. The second kappa shape index (κ2) is 9.69. The Kier molecular flexibility index (Phi) is 7.79. The quantitative estimate of drug-likeness (QED) is 0.667. The summed E-state index contributed by atoms with van der Waals surface area (Å²) in [6, 6.07) is 5.03. The largest absolute Gasteiger partial charge is 0.467 e. The lowest BCUT2D eigenvalue weighted by Crippen LogP contribution is -2.48. The Balaban J connectivity index is 2.25. The van der Waals surface area contributed by atoms with Crippen LogP contribution in [0.1, 0.15) is 44.5 Å². The first kappa shape index (κ1) is 23.3. The van der Waals surface area contributed by atoms with Gasteiger partial charge in [0.05, 0.1) is 24.2 Å². The van der Waals surface area contributed by atoms with Crippen LogP contribution in [0.2, 0.25) is 0 Å². The van der Waals surface area contributed by atoms with Gasteiger partial charge in [-0.1, -0.05) is 26.3 Å². The number of ether oxygens (including phenoxy) is 2. The van der Waals surface area contributed by atoms with Gasteiger partial charge >= 0.3 is 5.97 Å². The third-order valence-electron chi connectivity index (χ3n) is 5.07. The van der Waals surface area contributed by atoms with E-state index >= 15 is 0 Å². The zero-order chi connectivity index (χ0) is 21.8. The van der Waals surface area contributed by atoms with E-state index in [-0.39, 0.29) is 41.7 Å². The first-order valence-corrected chi connectivity index (χ1v) is 11.2. The summed E-state index contributed by atoms with van der Waals surface area (Å²) < 4.78 is 37.9. The highest BCUT2D eigenvalue weighted by atomic mass is 32.2. The standard InChI is InChI=1S/C20H30N2O6S/c1-6-13(2)18(20(24)27-5)21-19(23)16-8-7-9-17(10-16)29(25,26)22-11-14(3)28-15(4)12-22/h7-10,13-15,18H,6,11-12H2,1-5H3,(H,21,23)/t13-,14+,15+,18-/m0/s1. The van der Waals surface area contributed by atoms with E-state index < -0.39 is 27.9 Å². The molecule has 1 aliphatic heterocycles. The number of esters is 1. The van der Waals surface area contributed by atoms with E-state index in [9.17, 15) is 18.0 Å². The third kappa shape index (κ3) is 5.55. The maximum absolute atomic E-state index is 13.0. The van der Waals surface area contributed by atoms with E-state index in [0.717, 1.165) is 0 Å². The molecule has 2 rings (SSSR count). The van der Waals surface area contributed by atoms with Gasteiger partial charge in [0.2, 0.25) is 10.0 Å². The van der Waals surface area contributed by atoms with Gasteiger partial charge in [-0.05, 0) is 38.0 Å². The lowest BCUT2D eigenvalue weighted by molar-refractivity contribution is -0.144. The maximum Gasteiger partial charge on any atom is 0.328 e. The minimum Gasteiger partial charge on any atom is -0.467 e. The number of morpholine rings is 1. The van der Waals surface area contributed by atoms with E-state index in [4.69, 9.17) is 9.47 Å². The Hall–Kier alpha value is -1.97. The molecule has 4 atom stereocenters. The number of hydrogen-bond donors (Lipinski definition) is 1. The summed E-state index contributed by atoms with van der Waals surface area (Å²) in [5.74, 6) is -1.19. The lowest BCUT2D eigenvalue weighted by Gasteiger charge is -2.34. The van der Waals surface area contributed by atoms with Crippen LogP contribution in [0, 0.1) is 5.92 Å². The third-order valence-corrected chi connectivity index (χ3v) is 6.90. The van der Waals surface area contributed by atoms with E-state index in [2.05, 4.69) is 5.32 Å². The van der Waals surface area contributed by atoms with Crippen LogP contribution in [0.3, 0.4) is 0 Å². The fraction of sp³-hybridized carbons (Fsp3) is 0.600. The van der Waals surface area contributed by atoms with Gasteiger partial charge in [0.25, 0.3) is 5.91 Å². The van der Waals surface area contributed by atoms with Gasteiger partial charge in [-0.2, -0.15) is 4.31 Å². The molecule has 1 amide bonds. The summed E-state index contributed by atoms with van der Waals surface area (Å²) in [7, 11) is -2.51. The SMILES string of the molecule is CC[C@H](C)[C@H](NC(=O)c1cccc(S(=O)(=O)N2C[C@@H](C)O[C@H](C)C2)c1)C(=O)OC. The summed E-state index contributed by atoms with van der Waals surface area (Å²) in [4.78, 5) is 24.8. The average molecular weight is 427 g/mol. The van der Waals surface area contributed by atoms with Crippen LogP contribution in [0.4, 0.5) is 0 Å². The number of carbonyl (C=O) groups is 2. The molecule has 9 heteroatoms. The Morgan fingerprint density at radius 1 is 1.28 bits per heavy atom. The molecule has 162 valence electrons. The van der Waals surface area contributed by atoms with Crippen molar-refractivity contribution in [2.75, 3.05) is 20.2 Å². The molecule has 0 aromatic heterocycles. The lowest BCUT2D eigenvalue weighted by atomic mass is 9.99. The summed E-state index contributed by atoms with van der Waals surface area (Å²) in [6.07, 6.45) is 0.245. The summed E-state index contributed by atoms with van der Waals surface area (Å²) in [6.45, 7) is 7.89. The zero-order valence-electron chi connectivity index (χ0n) is 17.5. The van der Waals surface area contributed by atoms with Crippen LogP contribution in [0.25, 0.3) is 0 Å². The Morgan fingerprint density at radius 2 is 1.90 bits per heavy atom. The van der Waals surface area contributed by atoms with Gasteiger partial charge in [0.1, 0.15) is 6.04 Å². The smallest absolute Gasteiger partial charge is 0.328 e. The number of amides is 1. The molecule has 1 fully saturated rings. The number of sulfonamides is 1. The fourth-order valence-electron chi connectivity index (χ4n) is 3.29. The van der Waals surface area contributed by atoms with Gasteiger partial charge in [-0.15, -0.1) is 0 Å².